The fraction of sp³-hybridized carbons (Fsp3) is 0.400. The fourth-order valence-electron chi connectivity index (χ4n) is 1.29. The highest BCUT2D eigenvalue weighted by molar-refractivity contribution is 5.85. The molecule has 1 atom stereocenters. The fourth-order valence-corrected chi connectivity index (χ4v) is 1.29. The lowest BCUT2D eigenvalue weighted by Crippen LogP contribution is -2.10. The highest BCUT2D eigenvalue weighted by Crippen LogP contribution is 2.25. The van der Waals surface area contributed by atoms with E-state index in [4.69, 9.17) is 5.73 Å². The Morgan fingerprint density at radius 2 is 2.14 bits per heavy atom. The van der Waals surface area contributed by atoms with E-state index in [1.807, 2.05) is 6.92 Å². The van der Waals surface area contributed by atoms with Crippen molar-refractivity contribution in [2.75, 3.05) is 0 Å². The number of phenols is 1. The number of hydrogen-bond donors (Lipinski definition) is 2. The Balaban J connectivity index is 0.00000169. The van der Waals surface area contributed by atoms with Crippen LogP contribution >= 0.6 is 12.4 Å². The molecule has 0 spiro atoms. The maximum absolute atomic E-state index is 12.8. The second-order valence-electron chi connectivity index (χ2n) is 3.10. The molecule has 0 saturated heterocycles. The van der Waals surface area contributed by atoms with Gasteiger partial charge in [0, 0.05) is 11.6 Å². The number of benzene rings is 1. The van der Waals surface area contributed by atoms with Gasteiger partial charge in [-0.15, -0.1) is 12.4 Å². The number of hydrogen-bond acceptors (Lipinski definition) is 2. The van der Waals surface area contributed by atoms with Crippen molar-refractivity contribution < 1.29 is 9.50 Å². The lowest BCUT2D eigenvalue weighted by molar-refractivity contribution is 0.455. The van der Waals surface area contributed by atoms with E-state index in [0.717, 1.165) is 12.8 Å². The summed E-state index contributed by atoms with van der Waals surface area (Å²) >= 11 is 0. The first kappa shape index (κ1) is 13.2. The first-order chi connectivity index (χ1) is 6.15. The van der Waals surface area contributed by atoms with Gasteiger partial charge in [-0.1, -0.05) is 13.3 Å². The van der Waals surface area contributed by atoms with Gasteiger partial charge in [-0.25, -0.2) is 4.39 Å². The summed E-state index contributed by atoms with van der Waals surface area (Å²) in [5.74, 6) is -0.290. The van der Waals surface area contributed by atoms with E-state index >= 15 is 0 Å². The molecule has 1 aromatic rings. The first-order valence-corrected chi connectivity index (χ1v) is 4.39. The number of phenolic OH excluding ortho intramolecular Hbond substituents is 1. The van der Waals surface area contributed by atoms with Crippen molar-refractivity contribution in [1.82, 2.24) is 0 Å². The second kappa shape index (κ2) is 5.83. The maximum Gasteiger partial charge on any atom is 0.123 e. The smallest absolute Gasteiger partial charge is 0.123 e. The van der Waals surface area contributed by atoms with Crippen LogP contribution in [0.5, 0.6) is 5.75 Å². The first-order valence-electron chi connectivity index (χ1n) is 4.39. The Bertz CT molecular complexity index is 293. The molecule has 0 fully saturated rings. The molecule has 0 aliphatic carbocycles. The Morgan fingerprint density at radius 1 is 1.50 bits per heavy atom. The van der Waals surface area contributed by atoms with E-state index in [1.165, 1.54) is 18.2 Å². The molecule has 0 bridgehead atoms. The lowest BCUT2D eigenvalue weighted by Gasteiger charge is -2.12. The minimum atomic E-state index is -0.362. The van der Waals surface area contributed by atoms with Crippen molar-refractivity contribution in [2.24, 2.45) is 5.73 Å². The zero-order valence-corrected chi connectivity index (χ0v) is 8.85. The molecule has 1 rings (SSSR count). The predicted molar refractivity (Wildman–Crippen MR) is 57.1 cm³/mol. The summed E-state index contributed by atoms with van der Waals surface area (Å²) in [6.07, 6.45) is 1.66. The van der Waals surface area contributed by atoms with Gasteiger partial charge in [0.1, 0.15) is 11.6 Å². The molecule has 80 valence electrons. The molecule has 0 aliphatic heterocycles. The number of nitrogens with two attached hydrogens (primary N) is 1. The monoisotopic (exact) mass is 219 g/mol. The summed E-state index contributed by atoms with van der Waals surface area (Å²) in [6, 6.07) is 3.56. The predicted octanol–water partition coefficient (Wildman–Crippen LogP) is 2.75. The van der Waals surface area contributed by atoms with Crippen LogP contribution in [-0.4, -0.2) is 5.11 Å². The molecule has 1 aromatic carbocycles. The summed E-state index contributed by atoms with van der Waals surface area (Å²) in [5, 5.41) is 9.39. The van der Waals surface area contributed by atoms with E-state index in [0.29, 0.717) is 5.56 Å². The van der Waals surface area contributed by atoms with Crippen LogP contribution in [-0.2, 0) is 0 Å². The third-order valence-electron chi connectivity index (χ3n) is 1.99. The summed E-state index contributed by atoms with van der Waals surface area (Å²) in [7, 11) is 0. The summed E-state index contributed by atoms with van der Waals surface area (Å²) in [5.41, 5.74) is 6.24. The van der Waals surface area contributed by atoms with Gasteiger partial charge in [-0.3, -0.25) is 0 Å². The maximum atomic E-state index is 12.8. The highest BCUT2D eigenvalue weighted by Gasteiger charge is 2.10. The third-order valence-corrected chi connectivity index (χ3v) is 1.99. The Morgan fingerprint density at radius 3 is 2.71 bits per heavy atom. The molecule has 0 aliphatic rings. The Hall–Kier alpha value is -0.800. The Kier molecular flexibility index (Phi) is 5.50. The van der Waals surface area contributed by atoms with Crippen molar-refractivity contribution in [2.45, 2.75) is 25.8 Å². The molecule has 14 heavy (non-hydrogen) atoms. The second-order valence-corrected chi connectivity index (χ2v) is 3.10. The number of aromatic hydroxyl groups is 1. The van der Waals surface area contributed by atoms with Crippen LogP contribution in [0.1, 0.15) is 31.4 Å². The van der Waals surface area contributed by atoms with Crippen LogP contribution < -0.4 is 5.73 Å². The van der Waals surface area contributed by atoms with Crippen molar-refractivity contribution in [3.05, 3.63) is 29.6 Å². The molecule has 0 aromatic heterocycles. The van der Waals surface area contributed by atoms with Crippen LogP contribution in [0.2, 0.25) is 0 Å². The molecule has 0 unspecified atom stereocenters. The summed E-state index contributed by atoms with van der Waals surface area (Å²) < 4.78 is 12.8. The zero-order valence-electron chi connectivity index (χ0n) is 8.03. The quantitative estimate of drug-likeness (QED) is 0.821. The average molecular weight is 220 g/mol. The van der Waals surface area contributed by atoms with Crippen molar-refractivity contribution >= 4 is 12.4 Å². The van der Waals surface area contributed by atoms with Crippen LogP contribution in [0.3, 0.4) is 0 Å². The van der Waals surface area contributed by atoms with Crippen LogP contribution in [0.15, 0.2) is 18.2 Å². The normalized spacial score (nSPS) is 11.9. The molecule has 0 heterocycles. The van der Waals surface area contributed by atoms with Crippen LogP contribution in [0.25, 0.3) is 0 Å². The van der Waals surface area contributed by atoms with Gasteiger partial charge >= 0.3 is 0 Å². The van der Waals surface area contributed by atoms with Gasteiger partial charge in [0.15, 0.2) is 0 Å². The summed E-state index contributed by atoms with van der Waals surface area (Å²) in [6.45, 7) is 2.00. The molecule has 4 heteroatoms. The average Bonchev–Trinajstić information content (AvgIpc) is 2.09. The largest absolute Gasteiger partial charge is 0.508 e. The minimum absolute atomic E-state index is 0. The molecular formula is C10H15ClFNO. The molecule has 0 amide bonds. The van der Waals surface area contributed by atoms with E-state index in [9.17, 15) is 9.50 Å². The molecular weight excluding hydrogens is 205 g/mol. The SMILES string of the molecule is CCC[C@@H](N)c1cc(F)ccc1O.Cl. The zero-order chi connectivity index (χ0) is 9.84. The molecule has 0 saturated carbocycles. The topological polar surface area (TPSA) is 46.2 Å². The van der Waals surface area contributed by atoms with E-state index in [-0.39, 0.29) is 30.0 Å². The van der Waals surface area contributed by atoms with Crippen molar-refractivity contribution in [3.8, 4) is 5.75 Å². The highest BCUT2D eigenvalue weighted by atomic mass is 35.5. The number of rotatable bonds is 3. The minimum Gasteiger partial charge on any atom is -0.508 e. The summed E-state index contributed by atoms with van der Waals surface area (Å²) in [4.78, 5) is 0. The van der Waals surface area contributed by atoms with Crippen LogP contribution in [0, 0.1) is 5.82 Å². The van der Waals surface area contributed by atoms with Gasteiger partial charge < -0.3 is 10.8 Å². The number of halogens is 2. The molecule has 2 nitrogen and oxygen atoms in total. The van der Waals surface area contributed by atoms with E-state index in [2.05, 4.69) is 0 Å². The Labute approximate surface area is 89.3 Å². The standard InChI is InChI=1S/C10H14FNO.ClH/c1-2-3-9(12)8-6-7(11)4-5-10(8)13;/h4-6,9,13H,2-3,12H2,1H3;1H/t9-;/m1./s1. The lowest BCUT2D eigenvalue weighted by atomic mass is 10.0. The van der Waals surface area contributed by atoms with E-state index < -0.39 is 0 Å². The molecule has 3 N–H and O–H groups in total. The van der Waals surface area contributed by atoms with Crippen molar-refractivity contribution in [1.29, 1.82) is 0 Å². The van der Waals surface area contributed by atoms with Gasteiger partial charge in [-0.05, 0) is 24.6 Å². The van der Waals surface area contributed by atoms with Gasteiger partial charge in [0.05, 0.1) is 0 Å². The van der Waals surface area contributed by atoms with Gasteiger partial charge in [0.25, 0.3) is 0 Å². The van der Waals surface area contributed by atoms with Crippen molar-refractivity contribution in [3.63, 3.8) is 0 Å². The van der Waals surface area contributed by atoms with Crippen LogP contribution in [0.4, 0.5) is 4.39 Å². The van der Waals surface area contributed by atoms with Gasteiger partial charge in [-0.2, -0.15) is 0 Å². The van der Waals surface area contributed by atoms with E-state index in [1.54, 1.807) is 0 Å². The third kappa shape index (κ3) is 3.16. The van der Waals surface area contributed by atoms with Gasteiger partial charge in [0.2, 0.25) is 0 Å². The molecule has 0 radical (unpaired) electrons.